The smallest absolute Gasteiger partial charge is 0.313 e. The highest BCUT2D eigenvalue weighted by atomic mass is 35.5. The Morgan fingerprint density at radius 3 is 2.42 bits per heavy atom. The summed E-state index contributed by atoms with van der Waals surface area (Å²) >= 11 is 11.9. The van der Waals surface area contributed by atoms with Crippen LogP contribution >= 0.6 is 23.2 Å². The number of nitrogens with zero attached hydrogens (tertiary/aromatic N) is 1. The summed E-state index contributed by atoms with van der Waals surface area (Å²) < 4.78 is 13.0. The van der Waals surface area contributed by atoms with E-state index in [0.717, 1.165) is 12.0 Å². The van der Waals surface area contributed by atoms with Crippen LogP contribution in [0.2, 0.25) is 10.0 Å². The van der Waals surface area contributed by atoms with E-state index in [1.54, 1.807) is 37.3 Å². The van der Waals surface area contributed by atoms with Gasteiger partial charge in [0.1, 0.15) is 5.82 Å². The number of carbonyl (C=O) groups is 1. The summed E-state index contributed by atoms with van der Waals surface area (Å²) in [5.74, 6) is -0.488. The van der Waals surface area contributed by atoms with Gasteiger partial charge in [-0.2, -0.15) is 0 Å². The topological polar surface area (TPSA) is 38.7 Å². The Balaban J connectivity index is 1.65. The fourth-order valence-electron chi connectivity index (χ4n) is 2.65. The van der Waals surface area contributed by atoms with E-state index in [4.69, 9.17) is 28.0 Å². The molecule has 1 fully saturated rings. The maximum atomic E-state index is 13.0. The average Bonchev–Trinajstić information content (AvgIpc) is 3.34. The van der Waals surface area contributed by atoms with Gasteiger partial charge in [-0.3, -0.25) is 0 Å². The Labute approximate surface area is 149 Å². The van der Waals surface area contributed by atoms with Crippen molar-refractivity contribution in [1.82, 2.24) is 0 Å². The van der Waals surface area contributed by atoms with Crippen LogP contribution in [-0.4, -0.2) is 11.7 Å². The zero-order valence-corrected chi connectivity index (χ0v) is 14.3. The van der Waals surface area contributed by atoms with Crippen LogP contribution in [0, 0.1) is 11.7 Å². The molecule has 0 saturated heterocycles. The summed E-state index contributed by atoms with van der Waals surface area (Å²) in [6.45, 7) is 1.80. The molecule has 3 rings (SSSR count). The Hall–Kier alpha value is -1.91. The third kappa shape index (κ3) is 3.60. The fraction of sp³-hybridized carbons (Fsp3) is 0.222. The monoisotopic (exact) mass is 365 g/mol. The molecule has 2 unspecified atom stereocenters. The van der Waals surface area contributed by atoms with E-state index in [1.165, 1.54) is 12.1 Å². The SMILES string of the molecule is C/C(=N/OC(=O)c1c(Cl)cccc1Cl)C1CC1c1ccc(F)cc1. The molecule has 0 aromatic heterocycles. The highest BCUT2D eigenvalue weighted by Gasteiger charge is 2.40. The summed E-state index contributed by atoms with van der Waals surface area (Å²) in [7, 11) is 0. The summed E-state index contributed by atoms with van der Waals surface area (Å²) in [6, 6.07) is 11.2. The lowest BCUT2D eigenvalue weighted by Gasteiger charge is -2.04. The van der Waals surface area contributed by atoms with E-state index in [1.807, 2.05) is 0 Å². The predicted molar refractivity (Wildman–Crippen MR) is 92.2 cm³/mol. The van der Waals surface area contributed by atoms with Crippen LogP contribution < -0.4 is 0 Å². The zero-order valence-electron chi connectivity index (χ0n) is 12.8. The molecule has 3 nitrogen and oxygen atoms in total. The summed E-state index contributed by atoms with van der Waals surface area (Å²) in [5.41, 5.74) is 1.86. The lowest BCUT2D eigenvalue weighted by molar-refractivity contribution is 0.0515. The number of carbonyl (C=O) groups excluding carboxylic acids is 1. The van der Waals surface area contributed by atoms with E-state index in [9.17, 15) is 9.18 Å². The van der Waals surface area contributed by atoms with Gasteiger partial charge in [-0.25, -0.2) is 9.18 Å². The molecule has 2 atom stereocenters. The van der Waals surface area contributed by atoms with Crippen LogP contribution in [0.15, 0.2) is 47.6 Å². The molecule has 0 heterocycles. The van der Waals surface area contributed by atoms with E-state index >= 15 is 0 Å². The van der Waals surface area contributed by atoms with Gasteiger partial charge >= 0.3 is 5.97 Å². The van der Waals surface area contributed by atoms with Gasteiger partial charge in [0.2, 0.25) is 0 Å². The number of hydrogen-bond acceptors (Lipinski definition) is 3. The number of hydrogen-bond donors (Lipinski definition) is 0. The predicted octanol–water partition coefficient (Wildman–Crippen LogP) is 5.47. The normalized spacial score (nSPS) is 19.9. The standard InChI is InChI=1S/C18H14Cl2FNO2/c1-10(13-9-14(13)11-5-7-12(21)8-6-11)22-24-18(23)17-15(19)3-2-4-16(17)20/h2-8,13-14H,9H2,1H3/b22-10-. The molecule has 0 amide bonds. The van der Waals surface area contributed by atoms with Gasteiger partial charge in [-0.05, 0) is 49.1 Å². The van der Waals surface area contributed by atoms with Gasteiger partial charge in [0, 0.05) is 5.92 Å². The fourth-order valence-corrected chi connectivity index (χ4v) is 3.21. The Bertz CT molecular complexity index is 785. The summed E-state index contributed by atoms with van der Waals surface area (Å²) in [6.07, 6.45) is 0.894. The van der Waals surface area contributed by atoms with E-state index in [0.29, 0.717) is 5.71 Å². The van der Waals surface area contributed by atoms with Gasteiger partial charge in [0.25, 0.3) is 0 Å². The first-order valence-corrected chi connectivity index (χ1v) is 8.18. The Kier molecular flexibility index (Phi) is 4.88. The second kappa shape index (κ2) is 6.91. The molecule has 0 spiro atoms. The Morgan fingerprint density at radius 2 is 1.79 bits per heavy atom. The summed E-state index contributed by atoms with van der Waals surface area (Å²) in [5, 5.41) is 4.35. The van der Waals surface area contributed by atoms with Crippen molar-refractivity contribution in [2.75, 3.05) is 0 Å². The maximum absolute atomic E-state index is 13.0. The molecule has 0 aliphatic heterocycles. The van der Waals surface area contributed by atoms with Crippen LogP contribution in [0.1, 0.15) is 35.2 Å². The largest absolute Gasteiger partial charge is 0.368 e. The highest BCUT2D eigenvalue weighted by molar-refractivity contribution is 6.39. The van der Waals surface area contributed by atoms with Crippen LogP contribution in [-0.2, 0) is 4.84 Å². The molecule has 1 aliphatic rings. The maximum Gasteiger partial charge on any atom is 0.368 e. The van der Waals surface area contributed by atoms with Gasteiger partial charge in [-0.1, -0.05) is 46.6 Å². The van der Waals surface area contributed by atoms with Gasteiger partial charge < -0.3 is 4.84 Å². The van der Waals surface area contributed by atoms with Gasteiger partial charge in [0.05, 0.1) is 21.3 Å². The lowest BCUT2D eigenvalue weighted by Crippen LogP contribution is -2.06. The lowest BCUT2D eigenvalue weighted by atomic mass is 10.1. The van der Waals surface area contributed by atoms with Gasteiger partial charge in [-0.15, -0.1) is 0 Å². The number of oxime groups is 1. The second-order valence-corrected chi connectivity index (χ2v) is 6.52. The number of benzene rings is 2. The number of halogens is 3. The van der Waals surface area contributed by atoms with Crippen molar-refractivity contribution in [2.45, 2.75) is 19.3 Å². The molecule has 2 aromatic rings. The van der Waals surface area contributed by atoms with Gasteiger partial charge in [0.15, 0.2) is 0 Å². The first-order valence-electron chi connectivity index (χ1n) is 7.42. The van der Waals surface area contributed by atoms with Crippen LogP contribution in [0.3, 0.4) is 0 Å². The quantitative estimate of drug-likeness (QED) is 0.409. The first kappa shape index (κ1) is 16.9. The zero-order chi connectivity index (χ0) is 17.3. The second-order valence-electron chi connectivity index (χ2n) is 5.71. The Morgan fingerprint density at radius 1 is 1.17 bits per heavy atom. The molecular weight excluding hydrogens is 352 g/mol. The van der Waals surface area contributed by atoms with Crippen molar-refractivity contribution in [1.29, 1.82) is 0 Å². The number of rotatable bonds is 4. The molecule has 1 saturated carbocycles. The molecule has 0 N–H and O–H groups in total. The first-order chi connectivity index (χ1) is 11.5. The van der Waals surface area contributed by atoms with Crippen molar-refractivity contribution in [3.63, 3.8) is 0 Å². The third-order valence-corrected chi connectivity index (χ3v) is 4.69. The third-order valence-electron chi connectivity index (χ3n) is 4.06. The molecule has 6 heteroatoms. The molecule has 124 valence electrons. The average molecular weight is 366 g/mol. The minimum atomic E-state index is -0.691. The molecule has 0 bridgehead atoms. The van der Waals surface area contributed by atoms with Crippen molar-refractivity contribution < 1.29 is 14.0 Å². The minimum absolute atomic E-state index is 0.100. The van der Waals surface area contributed by atoms with E-state index in [-0.39, 0.29) is 33.3 Å². The minimum Gasteiger partial charge on any atom is -0.313 e. The van der Waals surface area contributed by atoms with Crippen molar-refractivity contribution in [3.8, 4) is 0 Å². The van der Waals surface area contributed by atoms with E-state index < -0.39 is 5.97 Å². The summed E-state index contributed by atoms with van der Waals surface area (Å²) in [4.78, 5) is 17.1. The van der Waals surface area contributed by atoms with Crippen molar-refractivity contribution >= 4 is 34.9 Å². The van der Waals surface area contributed by atoms with Crippen molar-refractivity contribution in [3.05, 3.63) is 69.5 Å². The molecular formula is C18H14Cl2FNO2. The molecule has 0 radical (unpaired) electrons. The van der Waals surface area contributed by atoms with Crippen LogP contribution in [0.5, 0.6) is 0 Å². The molecule has 1 aliphatic carbocycles. The van der Waals surface area contributed by atoms with Crippen LogP contribution in [0.4, 0.5) is 4.39 Å². The molecule has 24 heavy (non-hydrogen) atoms. The van der Waals surface area contributed by atoms with Crippen molar-refractivity contribution in [2.24, 2.45) is 11.1 Å². The van der Waals surface area contributed by atoms with E-state index in [2.05, 4.69) is 5.16 Å². The highest BCUT2D eigenvalue weighted by Crippen LogP contribution is 2.48. The van der Waals surface area contributed by atoms with Crippen LogP contribution in [0.25, 0.3) is 0 Å². The molecule has 2 aromatic carbocycles.